The van der Waals surface area contributed by atoms with Crippen molar-refractivity contribution in [2.75, 3.05) is 13.1 Å². The van der Waals surface area contributed by atoms with Gasteiger partial charge in [-0.2, -0.15) is 0 Å². The molecule has 0 radical (unpaired) electrons. The number of hydrogen-bond acceptors (Lipinski definition) is 5. The minimum Gasteiger partial charge on any atom is -0.448 e. The van der Waals surface area contributed by atoms with E-state index in [1.165, 1.54) is 0 Å². The second-order valence-electron chi connectivity index (χ2n) is 7.71. The first kappa shape index (κ1) is 16.7. The van der Waals surface area contributed by atoms with Gasteiger partial charge in [-0.1, -0.05) is 6.92 Å². The lowest BCUT2D eigenvalue weighted by atomic mass is 9.79. The molecule has 2 unspecified atom stereocenters. The SMILES string of the molecule is Cc1ccc2c(n1)C1(CCN(C(=O)OC(C)(C)C)CC1C)OC2=O. The van der Waals surface area contributed by atoms with Gasteiger partial charge < -0.3 is 14.4 Å². The largest absolute Gasteiger partial charge is 0.448 e. The van der Waals surface area contributed by atoms with Crippen LogP contribution in [0.25, 0.3) is 0 Å². The fraction of sp³-hybridized carbons (Fsp3) is 0.611. The maximum absolute atomic E-state index is 12.3. The van der Waals surface area contributed by atoms with E-state index in [0.29, 0.717) is 30.8 Å². The number of nitrogens with zero attached hydrogens (tertiary/aromatic N) is 2. The van der Waals surface area contributed by atoms with Gasteiger partial charge >= 0.3 is 12.1 Å². The zero-order valence-corrected chi connectivity index (χ0v) is 14.9. The molecule has 3 rings (SSSR count). The fourth-order valence-corrected chi connectivity index (χ4v) is 3.43. The third-order valence-electron chi connectivity index (χ3n) is 4.63. The van der Waals surface area contributed by atoms with Gasteiger partial charge in [-0.25, -0.2) is 9.59 Å². The summed E-state index contributed by atoms with van der Waals surface area (Å²) in [6.45, 7) is 10.4. The molecule has 2 aliphatic heterocycles. The number of piperidine rings is 1. The number of esters is 1. The van der Waals surface area contributed by atoms with Gasteiger partial charge in [-0.15, -0.1) is 0 Å². The van der Waals surface area contributed by atoms with Crippen molar-refractivity contribution in [2.24, 2.45) is 5.92 Å². The predicted molar refractivity (Wildman–Crippen MR) is 87.7 cm³/mol. The van der Waals surface area contributed by atoms with Crippen molar-refractivity contribution in [3.05, 3.63) is 29.1 Å². The van der Waals surface area contributed by atoms with Crippen molar-refractivity contribution in [2.45, 2.75) is 52.2 Å². The number of carbonyl (C=O) groups is 2. The molecule has 1 saturated heterocycles. The average Bonchev–Trinajstić information content (AvgIpc) is 2.73. The van der Waals surface area contributed by atoms with Crippen LogP contribution < -0.4 is 0 Å². The van der Waals surface area contributed by atoms with Crippen molar-refractivity contribution < 1.29 is 19.1 Å². The van der Waals surface area contributed by atoms with Gasteiger partial charge in [0.05, 0.1) is 11.3 Å². The minimum absolute atomic E-state index is 0.0572. The molecule has 1 amide bonds. The third-order valence-corrected chi connectivity index (χ3v) is 4.63. The van der Waals surface area contributed by atoms with Gasteiger partial charge in [0.1, 0.15) is 5.60 Å². The van der Waals surface area contributed by atoms with E-state index < -0.39 is 11.2 Å². The second-order valence-corrected chi connectivity index (χ2v) is 7.71. The Bertz CT molecular complexity index is 695. The van der Waals surface area contributed by atoms with Crippen LogP contribution in [0.2, 0.25) is 0 Å². The summed E-state index contributed by atoms with van der Waals surface area (Å²) in [5.74, 6) is -0.381. The number of likely N-dealkylation sites (tertiary alicyclic amines) is 1. The van der Waals surface area contributed by atoms with Crippen molar-refractivity contribution in [1.29, 1.82) is 0 Å². The van der Waals surface area contributed by atoms with Gasteiger partial charge in [0.15, 0.2) is 5.60 Å². The summed E-state index contributed by atoms with van der Waals surface area (Å²) in [4.78, 5) is 30.8. The van der Waals surface area contributed by atoms with Crippen LogP contribution >= 0.6 is 0 Å². The molecule has 0 saturated carbocycles. The first-order valence-corrected chi connectivity index (χ1v) is 8.32. The number of pyridine rings is 1. The van der Waals surface area contributed by atoms with Crippen LogP contribution in [0.5, 0.6) is 0 Å². The van der Waals surface area contributed by atoms with E-state index in [2.05, 4.69) is 4.98 Å². The number of aromatic nitrogens is 1. The molecule has 0 bridgehead atoms. The predicted octanol–water partition coefficient (Wildman–Crippen LogP) is 3.03. The van der Waals surface area contributed by atoms with Crippen molar-refractivity contribution in [1.82, 2.24) is 9.88 Å². The number of aryl methyl sites for hydroxylation is 1. The van der Waals surface area contributed by atoms with Gasteiger partial charge in [-0.05, 0) is 39.8 Å². The van der Waals surface area contributed by atoms with E-state index in [1.807, 2.05) is 40.7 Å². The maximum Gasteiger partial charge on any atom is 0.410 e. The average molecular weight is 332 g/mol. The highest BCUT2D eigenvalue weighted by Crippen LogP contribution is 2.46. The number of ether oxygens (including phenoxy) is 2. The summed E-state index contributed by atoms with van der Waals surface area (Å²) in [7, 11) is 0. The van der Waals surface area contributed by atoms with Crippen LogP contribution in [0.1, 0.15) is 55.9 Å². The molecule has 6 nitrogen and oxygen atoms in total. The summed E-state index contributed by atoms with van der Waals surface area (Å²) >= 11 is 0. The van der Waals surface area contributed by atoms with Crippen LogP contribution in [0.3, 0.4) is 0 Å². The normalized spacial score (nSPS) is 26.3. The Labute approximate surface area is 142 Å². The zero-order chi connectivity index (χ0) is 17.7. The molecule has 2 aliphatic rings. The molecule has 6 heteroatoms. The highest BCUT2D eigenvalue weighted by atomic mass is 16.6. The number of amides is 1. The molecule has 0 aliphatic carbocycles. The molecule has 1 aromatic heterocycles. The molecule has 1 aromatic rings. The molecule has 24 heavy (non-hydrogen) atoms. The Morgan fingerprint density at radius 2 is 2.12 bits per heavy atom. The molecule has 1 spiro atoms. The van der Waals surface area contributed by atoms with E-state index in [4.69, 9.17) is 9.47 Å². The zero-order valence-electron chi connectivity index (χ0n) is 14.9. The summed E-state index contributed by atoms with van der Waals surface area (Å²) in [6, 6.07) is 3.60. The smallest absolute Gasteiger partial charge is 0.410 e. The minimum atomic E-state index is -0.739. The van der Waals surface area contributed by atoms with E-state index in [0.717, 1.165) is 5.69 Å². The molecule has 130 valence electrons. The Morgan fingerprint density at radius 1 is 1.42 bits per heavy atom. The van der Waals surface area contributed by atoms with E-state index >= 15 is 0 Å². The van der Waals surface area contributed by atoms with Crippen molar-refractivity contribution >= 4 is 12.1 Å². The van der Waals surface area contributed by atoms with Crippen molar-refractivity contribution in [3.8, 4) is 0 Å². The monoisotopic (exact) mass is 332 g/mol. The van der Waals surface area contributed by atoms with Crippen LogP contribution in [0.15, 0.2) is 12.1 Å². The first-order chi connectivity index (χ1) is 11.1. The van der Waals surface area contributed by atoms with E-state index in [9.17, 15) is 9.59 Å². The number of carbonyl (C=O) groups excluding carboxylic acids is 2. The third kappa shape index (κ3) is 2.74. The standard InChI is InChI=1S/C18H24N2O4/c1-11-10-20(16(22)24-17(3,4)5)9-8-18(11)14-13(15(21)23-18)7-6-12(2)19-14/h6-7,11H,8-10H2,1-5H3. The lowest BCUT2D eigenvalue weighted by Crippen LogP contribution is -2.52. The highest BCUT2D eigenvalue weighted by molar-refractivity contribution is 5.94. The summed E-state index contributed by atoms with van der Waals surface area (Å²) < 4.78 is 11.2. The summed E-state index contributed by atoms with van der Waals surface area (Å²) in [6.07, 6.45) is 0.203. The van der Waals surface area contributed by atoms with Crippen LogP contribution in [0, 0.1) is 12.8 Å². The van der Waals surface area contributed by atoms with Gasteiger partial charge in [0, 0.05) is 31.1 Å². The Balaban J connectivity index is 1.84. The molecular formula is C18H24N2O4. The molecule has 1 fully saturated rings. The lowest BCUT2D eigenvalue weighted by Gasteiger charge is -2.43. The second kappa shape index (κ2) is 5.46. The fourth-order valence-electron chi connectivity index (χ4n) is 3.43. The summed E-state index contributed by atoms with van der Waals surface area (Å²) in [5, 5.41) is 0. The van der Waals surface area contributed by atoms with Crippen LogP contribution in [0.4, 0.5) is 4.79 Å². The van der Waals surface area contributed by atoms with E-state index in [1.54, 1.807) is 11.0 Å². The first-order valence-electron chi connectivity index (χ1n) is 8.32. The Morgan fingerprint density at radius 3 is 2.75 bits per heavy atom. The Kier molecular flexibility index (Phi) is 3.81. The van der Waals surface area contributed by atoms with Crippen LogP contribution in [-0.4, -0.2) is 40.6 Å². The van der Waals surface area contributed by atoms with E-state index in [-0.39, 0.29) is 18.0 Å². The molecule has 3 heterocycles. The Hall–Kier alpha value is -2.11. The lowest BCUT2D eigenvalue weighted by molar-refractivity contribution is -0.0801. The number of hydrogen-bond donors (Lipinski definition) is 0. The molecule has 0 aromatic carbocycles. The molecule has 2 atom stereocenters. The van der Waals surface area contributed by atoms with Gasteiger partial charge in [0.2, 0.25) is 0 Å². The molecule has 0 N–H and O–H groups in total. The van der Waals surface area contributed by atoms with Crippen LogP contribution in [-0.2, 0) is 15.1 Å². The highest BCUT2D eigenvalue weighted by Gasteiger charge is 2.53. The molecular weight excluding hydrogens is 308 g/mol. The quantitative estimate of drug-likeness (QED) is 0.683. The summed E-state index contributed by atoms with van der Waals surface area (Å²) in [5.41, 5.74) is 0.840. The topological polar surface area (TPSA) is 68.7 Å². The number of fused-ring (bicyclic) bond motifs is 2. The maximum atomic E-state index is 12.3. The van der Waals surface area contributed by atoms with Crippen molar-refractivity contribution in [3.63, 3.8) is 0 Å². The number of rotatable bonds is 0. The van der Waals surface area contributed by atoms with Gasteiger partial charge in [-0.3, -0.25) is 4.98 Å². The van der Waals surface area contributed by atoms with Gasteiger partial charge in [0.25, 0.3) is 0 Å².